The predicted octanol–water partition coefficient (Wildman–Crippen LogP) is -0.836. The molecule has 0 amide bonds. The molecule has 0 aromatic carbocycles. The van der Waals surface area contributed by atoms with Gasteiger partial charge in [0.25, 0.3) is 10.0 Å². The zero-order valence-electron chi connectivity index (χ0n) is 11.4. The van der Waals surface area contributed by atoms with E-state index in [1.54, 1.807) is 7.05 Å². The lowest BCUT2D eigenvalue weighted by atomic mass is 10.1. The molecule has 2 rings (SSSR count). The van der Waals surface area contributed by atoms with Crippen molar-refractivity contribution in [1.29, 1.82) is 0 Å². The van der Waals surface area contributed by atoms with Gasteiger partial charge in [0.1, 0.15) is 0 Å². The minimum atomic E-state index is -3.62. The van der Waals surface area contributed by atoms with Crippen molar-refractivity contribution >= 4 is 15.8 Å². The number of aliphatic hydroxyl groups is 1. The van der Waals surface area contributed by atoms with Crippen LogP contribution >= 0.6 is 0 Å². The molecule has 0 bridgehead atoms. The molecule has 0 atom stereocenters. The van der Waals surface area contributed by atoms with E-state index in [9.17, 15) is 8.42 Å². The fourth-order valence-electron chi connectivity index (χ4n) is 2.33. The molecule has 1 fully saturated rings. The normalized spacial score (nSPS) is 18.5. The number of nitrogens with zero attached hydrogens (tertiary/aromatic N) is 3. The number of aliphatic hydroxyl groups excluding tert-OH is 1. The first kappa shape index (κ1) is 15.2. The number of nitrogen functional groups attached to an aromatic ring is 1. The maximum Gasteiger partial charge on any atom is 0.262 e. The molecular formula is C11H20N4O4S. The third-order valence-corrected chi connectivity index (χ3v) is 5.37. The summed E-state index contributed by atoms with van der Waals surface area (Å²) in [4.78, 5) is 3.82. The Balaban J connectivity index is 2.06. The quantitative estimate of drug-likeness (QED) is 0.734. The number of sulfonamides is 1. The van der Waals surface area contributed by atoms with Crippen LogP contribution in [0.25, 0.3) is 0 Å². The minimum absolute atomic E-state index is 0.00233. The van der Waals surface area contributed by atoms with Crippen molar-refractivity contribution in [3.63, 3.8) is 0 Å². The summed E-state index contributed by atoms with van der Waals surface area (Å²) in [5.41, 5.74) is 5.64. The fraction of sp³-hybridized carbons (Fsp3) is 0.727. The van der Waals surface area contributed by atoms with Crippen molar-refractivity contribution in [2.75, 3.05) is 32.0 Å². The Labute approximate surface area is 118 Å². The van der Waals surface area contributed by atoms with E-state index in [4.69, 9.17) is 15.6 Å². The van der Waals surface area contributed by atoms with Gasteiger partial charge in [-0.1, -0.05) is 0 Å². The molecule has 1 saturated heterocycles. The molecular weight excluding hydrogens is 284 g/mol. The lowest BCUT2D eigenvalue weighted by Gasteiger charge is -2.31. The van der Waals surface area contributed by atoms with Gasteiger partial charge in [-0.2, -0.15) is 4.31 Å². The first-order valence-electron chi connectivity index (χ1n) is 6.46. The van der Waals surface area contributed by atoms with E-state index in [0.717, 1.165) is 0 Å². The van der Waals surface area contributed by atoms with Crippen LogP contribution in [0.2, 0.25) is 0 Å². The molecule has 1 aromatic rings. The molecule has 1 aliphatic rings. The average molecular weight is 304 g/mol. The van der Waals surface area contributed by atoms with Crippen LogP contribution in [0.1, 0.15) is 12.8 Å². The van der Waals surface area contributed by atoms with Crippen LogP contribution < -0.4 is 5.73 Å². The van der Waals surface area contributed by atoms with Gasteiger partial charge in [-0.15, -0.1) is 0 Å². The lowest BCUT2D eigenvalue weighted by molar-refractivity contribution is 0.00315. The zero-order chi connectivity index (χ0) is 14.8. The summed E-state index contributed by atoms with van der Waals surface area (Å²) in [7, 11) is -2.02. The van der Waals surface area contributed by atoms with Gasteiger partial charge in [0.05, 0.1) is 25.6 Å². The Morgan fingerprint density at radius 1 is 1.50 bits per heavy atom. The maximum atomic E-state index is 12.5. The molecule has 1 aliphatic heterocycles. The summed E-state index contributed by atoms with van der Waals surface area (Å²) < 4.78 is 33.3. The summed E-state index contributed by atoms with van der Waals surface area (Å²) in [5.74, 6) is 0.0196. The SMILES string of the molecule is Cn1cnc(N)c1S(=O)(=O)N1CCC(OCCO)CC1. The van der Waals surface area contributed by atoms with Crippen molar-refractivity contribution in [3.8, 4) is 0 Å². The number of hydrogen-bond acceptors (Lipinski definition) is 6. The minimum Gasteiger partial charge on any atom is -0.394 e. The van der Waals surface area contributed by atoms with Crippen LogP contribution in [-0.4, -0.2) is 59.8 Å². The zero-order valence-corrected chi connectivity index (χ0v) is 12.2. The molecule has 0 spiro atoms. The highest BCUT2D eigenvalue weighted by molar-refractivity contribution is 7.89. The molecule has 0 aliphatic carbocycles. The molecule has 3 N–H and O–H groups in total. The van der Waals surface area contributed by atoms with Gasteiger partial charge >= 0.3 is 0 Å². The number of hydrogen-bond donors (Lipinski definition) is 2. The Bertz CT molecular complexity index is 529. The predicted molar refractivity (Wildman–Crippen MR) is 72.4 cm³/mol. The highest BCUT2D eigenvalue weighted by atomic mass is 32.2. The Morgan fingerprint density at radius 3 is 2.65 bits per heavy atom. The number of imidazole rings is 1. The number of nitrogens with two attached hydrogens (primary N) is 1. The summed E-state index contributed by atoms with van der Waals surface area (Å²) in [6.45, 7) is 1.02. The van der Waals surface area contributed by atoms with Gasteiger partial charge in [0, 0.05) is 20.1 Å². The van der Waals surface area contributed by atoms with Crippen molar-refractivity contribution in [2.24, 2.45) is 7.05 Å². The highest BCUT2D eigenvalue weighted by Gasteiger charge is 2.33. The smallest absolute Gasteiger partial charge is 0.262 e. The summed E-state index contributed by atoms with van der Waals surface area (Å²) in [5, 5.41) is 8.74. The monoisotopic (exact) mass is 304 g/mol. The highest BCUT2D eigenvalue weighted by Crippen LogP contribution is 2.24. The maximum absolute atomic E-state index is 12.5. The number of anilines is 1. The van der Waals surface area contributed by atoms with Crippen LogP contribution in [0.5, 0.6) is 0 Å². The third-order valence-electron chi connectivity index (χ3n) is 3.34. The second-order valence-electron chi connectivity index (χ2n) is 4.74. The number of aromatic nitrogens is 2. The second kappa shape index (κ2) is 6.08. The van der Waals surface area contributed by atoms with Gasteiger partial charge in [-0.25, -0.2) is 13.4 Å². The van der Waals surface area contributed by atoms with Crippen LogP contribution in [0, 0.1) is 0 Å². The van der Waals surface area contributed by atoms with Crippen LogP contribution in [0.4, 0.5) is 5.82 Å². The molecule has 0 unspecified atom stereocenters. The van der Waals surface area contributed by atoms with Crippen molar-refractivity contribution in [1.82, 2.24) is 13.9 Å². The standard InChI is InChI=1S/C11H20N4O4S/c1-14-8-13-10(12)11(14)20(17,18)15-4-2-9(3-5-15)19-7-6-16/h8-9,16H,2-7,12H2,1H3. The third kappa shape index (κ3) is 2.95. The summed E-state index contributed by atoms with van der Waals surface area (Å²) in [6.07, 6.45) is 2.60. The van der Waals surface area contributed by atoms with E-state index in [-0.39, 0.29) is 30.2 Å². The molecule has 2 heterocycles. The van der Waals surface area contributed by atoms with E-state index >= 15 is 0 Å². The van der Waals surface area contributed by atoms with Crippen molar-refractivity contribution in [3.05, 3.63) is 6.33 Å². The second-order valence-corrected chi connectivity index (χ2v) is 6.60. The van der Waals surface area contributed by atoms with Crippen molar-refractivity contribution in [2.45, 2.75) is 24.0 Å². The molecule has 8 nitrogen and oxygen atoms in total. The van der Waals surface area contributed by atoms with Crippen LogP contribution in [0.15, 0.2) is 11.4 Å². The molecule has 0 radical (unpaired) electrons. The van der Waals surface area contributed by atoms with Crippen LogP contribution in [-0.2, 0) is 21.8 Å². The number of ether oxygens (including phenoxy) is 1. The number of aryl methyl sites for hydroxylation is 1. The van der Waals surface area contributed by atoms with Crippen LogP contribution in [0.3, 0.4) is 0 Å². The van der Waals surface area contributed by atoms with Gasteiger partial charge < -0.3 is 20.1 Å². The van der Waals surface area contributed by atoms with E-state index in [0.29, 0.717) is 25.9 Å². The topological polar surface area (TPSA) is 111 Å². The first-order valence-corrected chi connectivity index (χ1v) is 7.90. The molecule has 0 saturated carbocycles. The van der Waals surface area contributed by atoms with Gasteiger partial charge in [-0.05, 0) is 12.8 Å². The van der Waals surface area contributed by atoms with E-state index in [2.05, 4.69) is 4.98 Å². The molecule has 114 valence electrons. The Morgan fingerprint density at radius 2 is 2.15 bits per heavy atom. The molecule has 9 heteroatoms. The number of piperidine rings is 1. The Hall–Kier alpha value is -1.16. The lowest BCUT2D eigenvalue weighted by Crippen LogP contribution is -2.41. The summed E-state index contributed by atoms with van der Waals surface area (Å²) in [6, 6.07) is 0. The summed E-state index contributed by atoms with van der Waals surface area (Å²) >= 11 is 0. The van der Waals surface area contributed by atoms with Gasteiger partial charge in [-0.3, -0.25) is 0 Å². The fourth-order valence-corrected chi connectivity index (χ4v) is 4.00. The van der Waals surface area contributed by atoms with E-state index < -0.39 is 10.0 Å². The molecule has 20 heavy (non-hydrogen) atoms. The largest absolute Gasteiger partial charge is 0.394 e. The first-order chi connectivity index (χ1) is 9.46. The Kier molecular flexibility index (Phi) is 4.63. The van der Waals surface area contributed by atoms with Crippen molar-refractivity contribution < 1.29 is 18.3 Å². The molecule has 1 aromatic heterocycles. The van der Waals surface area contributed by atoms with Gasteiger partial charge in [0.15, 0.2) is 10.8 Å². The van der Waals surface area contributed by atoms with E-state index in [1.165, 1.54) is 15.2 Å². The average Bonchev–Trinajstić information content (AvgIpc) is 2.77. The number of rotatable bonds is 5. The van der Waals surface area contributed by atoms with Gasteiger partial charge in [0.2, 0.25) is 0 Å². The van der Waals surface area contributed by atoms with E-state index in [1.807, 2.05) is 0 Å².